The molecule has 0 atom stereocenters. The summed E-state index contributed by atoms with van der Waals surface area (Å²) >= 11 is 0. The number of carboxylic acid groups (broad SMARTS) is 1. The lowest BCUT2D eigenvalue weighted by atomic mass is 10.1. The second-order valence-electron chi connectivity index (χ2n) is 5.42. The van der Waals surface area contributed by atoms with E-state index in [1.807, 2.05) is 6.92 Å². The highest BCUT2D eigenvalue weighted by Crippen LogP contribution is 2.21. The molecule has 1 heterocycles. The second kappa shape index (κ2) is 6.51. The Bertz CT molecular complexity index is 722. The van der Waals surface area contributed by atoms with E-state index < -0.39 is 11.5 Å². The number of carbonyl (C=O) groups excluding carboxylic acids is 1. The number of para-hydroxylation sites is 1. The van der Waals surface area contributed by atoms with Crippen molar-refractivity contribution in [3.05, 3.63) is 42.2 Å². The summed E-state index contributed by atoms with van der Waals surface area (Å²) in [6, 6.07) is 6.91. The fourth-order valence-electron chi connectivity index (χ4n) is 1.93. The van der Waals surface area contributed by atoms with E-state index in [0.29, 0.717) is 23.6 Å². The van der Waals surface area contributed by atoms with Crippen molar-refractivity contribution in [2.45, 2.75) is 26.3 Å². The number of ether oxygens (including phenoxy) is 1. The van der Waals surface area contributed by atoms with Crippen LogP contribution in [0.1, 0.15) is 31.1 Å². The topological polar surface area (TPSA) is 93.5 Å². The summed E-state index contributed by atoms with van der Waals surface area (Å²) in [7, 11) is 0. The molecule has 1 aromatic carbocycles. The minimum atomic E-state index is -1.20. The van der Waals surface area contributed by atoms with Crippen molar-refractivity contribution in [3.8, 4) is 5.75 Å². The molecule has 7 nitrogen and oxygen atoms in total. The van der Waals surface area contributed by atoms with Crippen molar-refractivity contribution in [3.63, 3.8) is 0 Å². The summed E-state index contributed by atoms with van der Waals surface area (Å²) in [6.07, 6.45) is 2.89. The lowest BCUT2D eigenvalue weighted by Crippen LogP contribution is -2.35. The van der Waals surface area contributed by atoms with Crippen LogP contribution in [0.25, 0.3) is 0 Å². The highest BCUT2D eigenvalue weighted by molar-refractivity contribution is 6.06. The minimum Gasteiger partial charge on any atom is -0.493 e. The molecular weight excluding hydrogens is 298 g/mol. The number of nitrogens with one attached hydrogen (secondary N) is 1. The largest absolute Gasteiger partial charge is 0.493 e. The van der Waals surface area contributed by atoms with Gasteiger partial charge in [-0.2, -0.15) is 5.10 Å². The molecule has 2 rings (SSSR count). The number of nitrogens with zero attached hydrogens (tertiary/aromatic N) is 2. The SMILES string of the molecule is CCOc1ccccc1C(=O)Nc1cnn(C(C)(C)C(=O)O)c1. The number of carboxylic acids is 1. The summed E-state index contributed by atoms with van der Waals surface area (Å²) in [5.74, 6) is -0.868. The number of amides is 1. The Labute approximate surface area is 133 Å². The minimum absolute atomic E-state index is 0.346. The van der Waals surface area contributed by atoms with Crippen LogP contribution < -0.4 is 10.1 Å². The number of carbonyl (C=O) groups is 2. The molecule has 0 aliphatic rings. The van der Waals surface area contributed by atoms with E-state index in [2.05, 4.69) is 10.4 Å². The van der Waals surface area contributed by atoms with Gasteiger partial charge in [-0.25, -0.2) is 4.79 Å². The number of benzene rings is 1. The number of aliphatic carboxylic acids is 1. The number of hydrogen-bond acceptors (Lipinski definition) is 4. The first kappa shape index (κ1) is 16.5. The molecule has 0 spiro atoms. The van der Waals surface area contributed by atoms with Crippen LogP contribution in [-0.4, -0.2) is 33.4 Å². The Balaban J connectivity index is 2.19. The van der Waals surface area contributed by atoms with E-state index in [1.165, 1.54) is 30.9 Å². The Morgan fingerprint density at radius 1 is 1.35 bits per heavy atom. The highest BCUT2D eigenvalue weighted by Gasteiger charge is 2.30. The molecule has 0 radical (unpaired) electrons. The zero-order chi connectivity index (χ0) is 17.0. The summed E-state index contributed by atoms with van der Waals surface area (Å²) in [6.45, 7) is 5.35. The predicted octanol–water partition coefficient (Wildman–Crippen LogP) is 2.35. The van der Waals surface area contributed by atoms with Gasteiger partial charge in [-0.1, -0.05) is 12.1 Å². The molecule has 1 amide bonds. The molecule has 0 aliphatic heterocycles. The van der Waals surface area contributed by atoms with E-state index >= 15 is 0 Å². The van der Waals surface area contributed by atoms with Gasteiger partial charge < -0.3 is 15.2 Å². The lowest BCUT2D eigenvalue weighted by molar-refractivity contribution is -0.146. The summed E-state index contributed by atoms with van der Waals surface area (Å²) in [5.41, 5.74) is -0.387. The molecule has 0 unspecified atom stereocenters. The van der Waals surface area contributed by atoms with Crippen molar-refractivity contribution in [2.75, 3.05) is 11.9 Å². The van der Waals surface area contributed by atoms with Crippen molar-refractivity contribution >= 4 is 17.6 Å². The maximum atomic E-state index is 12.4. The third-order valence-corrected chi connectivity index (χ3v) is 3.37. The normalized spacial score (nSPS) is 11.1. The van der Waals surface area contributed by atoms with Crippen LogP contribution in [0.2, 0.25) is 0 Å². The molecule has 0 fully saturated rings. The lowest BCUT2D eigenvalue weighted by Gasteiger charge is -2.19. The first-order chi connectivity index (χ1) is 10.9. The first-order valence-corrected chi connectivity index (χ1v) is 7.18. The van der Waals surface area contributed by atoms with Gasteiger partial charge in [0.2, 0.25) is 0 Å². The van der Waals surface area contributed by atoms with Crippen LogP contribution in [0, 0.1) is 0 Å². The van der Waals surface area contributed by atoms with Crippen LogP contribution in [0.15, 0.2) is 36.7 Å². The molecule has 2 aromatic rings. The number of aromatic nitrogens is 2. The Kier molecular flexibility index (Phi) is 4.68. The fraction of sp³-hybridized carbons (Fsp3) is 0.312. The maximum Gasteiger partial charge on any atom is 0.331 e. The molecule has 7 heteroatoms. The molecule has 1 aromatic heterocycles. The van der Waals surface area contributed by atoms with Crippen LogP contribution in [0.5, 0.6) is 5.75 Å². The molecule has 0 saturated heterocycles. The first-order valence-electron chi connectivity index (χ1n) is 7.18. The van der Waals surface area contributed by atoms with Crippen molar-refractivity contribution in [2.24, 2.45) is 0 Å². The fourth-order valence-corrected chi connectivity index (χ4v) is 1.93. The van der Waals surface area contributed by atoms with Crippen LogP contribution in [0.3, 0.4) is 0 Å². The van der Waals surface area contributed by atoms with E-state index in [0.717, 1.165) is 0 Å². The van der Waals surface area contributed by atoms with Crippen molar-refractivity contribution in [1.82, 2.24) is 9.78 Å². The molecule has 23 heavy (non-hydrogen) atoms. The Morgan fingerprint density at radius 2 is 2.04 bits per heavy atom. The average Bonchev–Trinajstić information content (AvgIpc) is 2.97. The van der Waals surface area contributed by atoms with Crippen LogP contribution in [0.4, 0.5) is 5.69 Å². The predicted molar refractivity (Wildman–Crippen MR) is 84.7 cm³/mol. The van der Waals surface area contributed by atoms with Gasteiger partial charge in [0.25, 0.3) is 5.91 Å². The zero-order valence-corrected chi connectivity index (χ0v) is 13.2. The van der Waals surface area contributed by atoms with E-state index in [-0.39, 0.29) is 5.91 Å². The van der Waals surface area contributed by atoms with Gasteiger partial charge in [0.15, 0.2) is 5.54 Å². The third-order valence-electron chi connectivity index (χ3n) is 3.37. The van der Waals surface area contributed by atoms with Gasteiger partial charge in [0, 0.05) is 6.20 Å². The van der Waals surface area contributed by atoms with E-state index in [9.17, 15) is 14.7 Å². The molecule has 0 bridgehead atoms. The smallest absolute Gasteiger partial charge is 0.331 e. The molecule has 2 N–H and O–H groups in total. The molecule has 122 valence electrons. The summed E-state index contributed by atoms with van der Waals surface area (Å²) in [5, 5.41) is 15.9. The zero-order valence-electron chi connectivity index (χ0n) is 13.2. The van der Waals surface area contributed by atoms with Gasteiger partial charge >= 0.3 is 5.97 Å². The third kappa shape index (κ3) is 3.50. The molecular formula is C16H19N3O4. The van der Waals surface area contributed by atoms with E-state index in [4.69, 9.17) is 4.74 Å². The number of rotatable bonds is 6. The van der Waals surface area contributed by atoms with E-state index in [1.54, 1.807) is 24.3 Å². The summed E-state index contributed by atoms with van der Waals surface area (Å²) in [4.78, 5) is 23.6. The quantitative estimate of drug-likeness (QED) is 0.853. The molecule has 0 saturated carbocycles. The second-order valence-corrected chi connectivity index (χ2v) is 5.42. The Hall–Kier alpha value is -2.83. The number of anilines is 1. The van der Waals surface area contributed by atoms with Gasteiger partial charge in [-0.05, 0) is 32.9 Å². The van der Waals surface area contributed by atoms with Gasteiger partial charge in [0.1, 0.15) is 5.75 Å². The van der Waals surface area contributed by atoms with Crippen molar-refractivity contribution < 1.29 is 19.4 Å². The van der Waals surface area contributed by atoms with Crippen molar-refractivity contribution in [1.29, 1.82) is 0 Å². The summed E-state index contributed by atoms with van der Waals surface area (Å²) < 4.78 is 6.72. The highest BCUT2D eigenvalue weighted by atomic mass is 16.5. The van der Waals surface area contributed by atoms with Gasteiger partial charge in [-0.15, -0.1) is 0 Å². The van der Waals surface area contributed by atoms with Gasteiger partial charge in [0.05, 0.1) is 24.1 Å². The maximum absolute atomic E-state index is 12.4. The van der Waals surface area contributed by atoms with Crippen LogP contribution >= 0.6 is 0 Å². The molecule has 0 aliphatic carbocycles. The monoisotopic (exact) mass is 317 g/mol. The average molecular weight is 317 g/mol. The standard InChI is InChI=1S/C16H19N3O4/c1-4-23-13-8-6-5-7-12(13)14(20)18-11-9-17-19(10-11)16(2,3)15(21)22/h5-10H,4H2,1-3H3,(H,18,20)(H,21,22). The van der Waals surface area contributed by atoms with Gasteiger partial charge in [-0.3, -0.25) is 9.48 Å². The Morgan fingerprint density at radius 3 is 2.70 bits per heavy atom. The number of hydrogen-bond donors (Lipinski definition) is 2. The van der Waals surface area contributed by atoms with Crippen LogP contribution in [-0.2, 0) is 10.3 Å².